The van der Waals surface area contributed by atoms with Gasteiger partial charge in [0.05, 0.1) is 42.1 Å². The van der Waals surface area contributed by atoms with Crippen LogP contribution in [0.3, 0.4) is 0 Å². The van der Waals surface area contributed by atoms with Crippen molar-refractivity contribution in [2.24, 2.45) is 11.8 Å². The molecule has 1 aromatic heterocycles. The summed E-state index contributed by atoms with van der Waals surface area (Å²) < 4.78 is 5.27. The molecule has 2 fully saturated rings. The molecule has 1 saturated carbocycles. The number of piperidine rings is 1. The van der Waals surface area contributed by atoms with Crippen molar-refractivity contribution in [2.45, 2.75) is 51.0 Å². The van der Waals surface area contributed by atoms with Crippen LogP contribution in [-0.4, -0.2) is 45.9 Å². The fraction of sp³-hybridized carbons (Fsp3) is 0.545. The lowest BCUT2D eigenvalue weighted by atomic mass is 9.65. The Bertz CT molecular complexity index is 955. The molecule has 0 radical (unpaired) electrons. The average Bonchev–Trinajstić information content (AvgIpc) is 3.29. The standard InChI is InChI=1S/C22H26ClN5O2/c1-13-15-4-3-5-17(19-12-25-27-26-19)16(15)8-9-28(13)21(29)10-18-14(11-24)6-7-20(30-2)22(18)23/h6-7,12-13,15-17H,3-5,8-10H2,1-2H3,(H,25,26,27)/t13-,15+,16+,17?/m0/s1. The van der Waals surface area contributed by atoms with Gasteiger partial charge in [0.2, 0.25) is 5.91 Å². The first kappa shape index (κ1) is 20.7. The molecule has 1 amide bonds. The normalized spacial score (nSPS) is 26.0. The fourth-order valence-electron chi connectivity index (χ4n) is 5.43. The number of hydrogen-bond acceptors (Lipinski definition) is 5. The SMILES string of the molecule is COc1ccc(C#N)c(CC(=O)N2CC[C@H]3C(c4cn[nH]n4)CCC[C@@H]3[C@@H]2C)c1Cl. The molecule has 1 aliphatic carbocycles. The van der Waals surface area contributed by atoms with Crippen molar-refractivity contribution in [3.05, 3.63) is 40.2 Å². The Kier molecular flexibility index (Phi) is 5.96. The average molecular weight is 428 g/mol. The van der Waals surface area contributed by atoms with E-state index in [-0.39, 0.29) is 18.4 Å². The van der Waals surface area contributed by atoms with Gasteiger partial charge in [-0.05, 0) is 50.2 Å². The molecule has 4 rings (SSSR count). The number of H-pyrrole nitrogens is 1. The number of rotatable bonds is 4. The lowest BCUT2D eigenvalue weighted by molar-refractivity contribution is -0.137. The van der Waals surface area contributed by atoms with E-state index in [4.69, 9.17) is 16.3 Å². The summed E-state index contributed by atoms with van der Waals surface area (Å²) in [5.41, 5.74) is 2.00. The van der Waals surface area contributed by atoms with Gasteiger partial charge < -0.3 is 9.64 Å². The zero-order valence-electron chi connectivity index (χ0n) is 17.3. The molecule has 2 aliphatic rings. The number of halogens is 1. The second-order valence-electron chi connectivity index (χ2n) is 8.27. The summed E-state index contributed by atoms with van der Waals surface area (Å²) in [6.07, 6.45) is 6.27. The molecule has 1 unspecified atom stereocenters. The maximum atomic E-state index is 13.3. The quantitative estimate of drug-likeness (QED) is 0.802. The molecule has 1 N–H and O–H groups in total. The van der Waals surface area contributed by atoms with Crippen LogP contribution < -0.4 is 4.74 Å². The van der Waals surface area contributed by atoms with Crippen molar-refractivity contribution in [1.82, 2.24) is 20.3 Å². The van der Waals surface area contributed by atoms with E-state index in [0.717, 1.165) is 31.4 Å². The fourth-order valence-corrected chi connectivity index (χ4v) is 5.74. The Labute approximate surface area is 181 Å². The van der Waals surface area contributed by atoms with Crippen LogP contribution in [0.2, 0.25) is 5.02 Å². The van der Waals surface area contributed by atoms with E-state index in [2.05, 4.69) is 28.4 Å². The first-order valence-corrected chi connectivity index (χ1v) is 10.8. The lowest BCUT2D eigenvalue weighted by Crippen LogP contribution is -2.52. The number of amides is 1. The van der Waals surface area contributed by atoms with Gasteiger partial charge in [-0.15, -0.1) is 0 Å². The van der Waals surface area contributed by atoms with E-state index >= 15 is 0 Å². The van der Waals surface area contributed by atoms with Crippen LogP contribution in [0.25, 0.3) is 0 Å². The van der Waals surface area contributed by atoms with Crippen LogP contribution in [-0.2, 0) is 11.2 Å². The maximum Gasteiger partial charge on any atom is 0.227 e. The van der Waals surface area contributed by atoms with Crippen LogP contribution in [0.15, 0.2) is 18.3 Å². The molecule has 158 valence electrons. The molecular weight excluding hydrogens is 402 g/mol. The number of nitrogens with one attached hydrogen (secondary N) is 1. The molecule has 4 atom stereocenters. The van der Waals surface area contributed by atoms with E-state index in [1.807, 2.05) is 11.1 Å². The number of benzene rings is 1. The highest BCUT2D eigenvalue weighted by atomic mass is 35.5. The highest BCUT2D eigenvalue weighted by Gasteiger charge is 2.44. The second kappa shape index (κ2) is 8.65. The van der Waals surface area contributed by atoms with Gasteiger partial charge in [0.25, 0.3) is 0 Å². The molecule has 1 aromatic carbocycles. The Balaban J connectivity index is 1.53. The number of likely N-dealkylation sites (tertiary alicyclic amines) is 1. The molecular formula is C22H26ClN5O2. The minimum absolute atomic E-state index is 0.0103. The number of carbonyl (C=O) groups is 1. The van der Waals surface area contributed by atoms with Crippen molar-refractivity contribution < 1.29 is 9.53 Å². The number of nitrogens with zero attached hydrogens (tertiary/aromatic N) is 4. The highest BCUT2D eigenvalue weighted by Crippen LogP contribution is 2.47. The number of hydrogen-bond donors (Lipinski definition) is 1. The molecule has 2 heterocycles. The highest BCUT2D eigenvalue weighted by molar-refractivity contribution is 6.33. The summed E-state index contributed by atoms with van der Waals surface area (Å²) in [6, 6.07) is 5.61. The van der Waals surface area contributed by atoms with Crippen LogP contribution in [0, 0.1) is 23.2 Å². The van der Waals surface area contributed by atoms with E-state index < -0.39 is 0 Å². The Hall–Kier alpha value is -2.59. The molecule has 0 bridgehead atoms. The van der Waals surface area contributed by atoms with Crippen molar-refractivity contribution in [1.29, 1.82) is 5.26 Å². The second-order valence-corrected chi connectivity index (χ2v) is 8.65. The van der Waals surface area contributed by atoms with Crippen molar-refractivity contribution in [2.75, 3.05) is 13.7 Å². The monoisotopic (exact) mass is 427 g/mol. The van der Waals surface area contributed by atoms with Gasteiger partial charge in [0.1, 0.15) is 5.75 Å². The molecule has 30 heavy (non-hydrogen) atoms. The molecule has 0 spiro atoms. The van der Waals surface area contributed by atoms with Gasteiger partial charge in [-0.1, -0.05) is 18.0 Å². The van der Waals surface area contributed by atoms with Gasteiger partial charge in [-0.25, -0.2) is 0 Å². The number of aromatic nitrogens is 3. The van der Waals surface area contributed by atoms with Crippen LogP contribution >= 0.6 is 11.6 Å². The van der Waals surface area contributed by atoms with E-state index in [9.17, 15) is 10.1 Å². The van der Waals surface area contributed by atoms with E-state index in [1.54, 1.807) is 12.1 Å². The van der Waals surface area contributed by atoms with Crippen LogP contribution in [0.4, 0.5) is 0 Å². The van der Waals surface area contributed by atoms with Crippen molar-refractivity contribution >= 4 is 17.5 Å². The predicted molar refractivity (Wildman–Crippen MR) is 112 cm³/mol. The smallest absolute Gasteiger partial charge is 0.227 e. The number of aromatic amines is 1. The van der Waals surface area contributed by atoms with E-state index in [0.29, 0.717) is 46.2 Å². The largest absolute Gasteiger partial charge is 0.495 e. The Morgan fingerprint density at radius 2 is 2.20 bits per heavy atom. The number of fused-ring (bicyclic) bond motifs is 1. The summed E-state index contributed by atoms with van der Waals surface area (Å²) >= 11 is 6.44. The zero-order chi connectivity index (χ0) is 21.3. The maximum absolute atomic E-state index is 13.3. The third-order valence-electron chi connectivity index (χ3n) is 6.94. The Morgan fingerprint density at radius 3 is 2.90 bits per heavy atom. The minimum Gasteiger partial charge on any atom is -0.495 e. The number of ether oxygens (including phenoxy) is 1. The third-order valence-corrected chi connectivity index (χ3v) is 7.36. The first-order chi connectivity index (χ1) is 14.5. The first-order valence-electron chi connectivity index (χ1n) is 10.5. The summed E-state index contributed by atoms with van der Waals surface area (Å²) in [4.78, 5) is 15.2. The summed E-state index contributed by atoms with van der Waals surface area (Å²) in [5, 5.41) is 20.9. The van der Waals surface area contributed by atoms with Crippen LogP contribution in [0.5, 0.6) is 5.75 Å². The molecule has 2 aromatic rings. The molecule has 1 saturated heterocycles. The van der Waals surface area contributed by atoms with Crippen molar-refractivity contribution in [3.63, 3.8) is 0 Å². The molecule has 8 heteroatoms. The third kappa shape index (κ3) is 3.65. The summed E-state index contributed by atoms with van der Waals surface area (Å²) in [7, 11) is 1.53. The van der Waals surface area contributed by atoms with Crippen LogP contribution in [0.1, 0.15) is 55.3 Å². The number of carbonyl (C=O) groups excluding carboxylic acids is 1. The summed E-state index contributed by atoms with van der Waals surface area (Å²) in [5.74, 6) is 1.84. The number of nitriles is 1. The number of methoxy groups -OCH3 is 1. The van der Waals surface area contributed by atoms with Gasteiger partial charge >= 0.3 is 0 Å². The van der Waals surface area contributed by atoms with Gasteiger partial charge in [-0.3, -0.25) is 4.79 Å². The van der Waals surface area contributed by atoms with E-state index in [1.165, 1.54) is 7.11 Å². The lowest BCUT2D eigenvalue weighted by Gasteiger charge is -2.49. The summed E-state index contributed by atoms with van der Waals surface area (Å²) in [6.45, 7) is 2.86. The Morgan fingerprint density at radius 1 is 1.37 bits per heavy atom. The van der Waals surface area contributed by atoms with Gasteiger partial charge in [0, 0.05) is 24.1 Å². The molecule has 1 aliphatic heterocycles. The topological polar surface area (TPSA) is 94.9 Å². The zero-order valence-corrected chi connectivity index (χ0v) is 18.0. The predicted octanol–water partition coefficient (Wildman–Crippen LogP) is 3.70. The molecule has 7 nitrogen and oxygen atoms in total. The van der Waals surface area contributed by atoms with Gasteiger partial charge in [-0.2, -0.15) is 20.7 Å². The van der Waals surface area contributed by atoms with Gasteiger partial charge in [0.15, 0.2) is 0 Å². The minimum atomic E-state index is 0.0103. The van der Waals surface area contributed by atoms with Crippen molar-refractivity contribution in [3.8, 4) is 11.8 Å².